The van der Waals surface area contributed by atoms with E-state index in [0.717, 1.165) is 12.1 Å². The molecular weight excluding hydrogens is 308 g/mol. The summed E-state index contributed by atoms with van der Waals surface area (Å²) in [6.07, 6.45) is -4.06. The third kappa shape index (κ3) is 2.15. The van der Waals surface area contributed by atoms with E-state index in [0.29, 0.717) is 0 Å². The molecule has 0 bridgehead atoms. The topological polar surface area (TPSA) is 46.5 Å². The van der Waals surface area contributed by atoms with Crippen molar-refractivity contribution in [3.05, 3.63) is 34.4 Å². The SMILES string of the molecule is O=C(O)c1cccc2c1OC(Cl)(C(F)(F)F)C(Cl)=C2. The summed E-state index contributed by atoms with van der Waals surface area (Å²) in [5.41, 5.74) is -0.308. The fourth-order valence-corrected chi connectivity index (χ4v) is 1.96. The highest BCUT2D eigenvalue weighted by Gasteiger charge is 2.60. The van der Waals surface area contributed by atoms with Crippen molar-refractivity contribution in [1.29, 1.82) is 0 Å². The molecule has 0 fully saturated rings. The summed E-state index contributed by atoms with van der Waals surface area (Å²) in [5, 5.41) is 4.87. The maximum absolute atomic E-state index is 12.9. The second kappa shape index (κ2) is 4.31. The zero-order valence-corrected chi connectivity index (χ0v) is 10.5. The fraction of sp³-hybridized carbons (Fsp3) is 0.182. The summed E-state index contributed by atoms with van der Waals surface area (Å²) < 4.78 is 43.3. The summed E-state index contributed by atoms with van der Waals surface area (Å²) in [6, 6.07) is 3.85. The molecule has 2 rings (SSSR count). The van der Waals surface area contributed by atoms with Crippen LogP contribution in [0.5, 0.6) is 5.75 Å². The summed E-state index contributed by atoms with van der Waals surface area (Å²) in [6.45, 7) is 0. The van der Waals surface area contributed by atoms with Gasteiger partial charge in [-0.2, -0.15) is 13.2 Å². The van der Waals surface area contributed by atoms with Crippen molar-refractivity contribution in [2.24, 2.45) is 0 Å². The number of carboxylic acid groups (broad SMARTS) is 1. The summed E-state index contributed by atoms with van der Waals surface area (Å²) in [7, 11) is 0. The molecule has 0 saturated carbocycles. The molecule has 0 saturated heterocycles. The molecule has 0 amide bonds. The van der Waals surface area contributed by atoms with E-state index in [1.165, 1.54) is 12.1 Å². The second-order valence-electron chi connectivity index (χ2n) is 3.72. The van der Waals surface area contributed by atoms with Gasteiger partial charge in [0.15, 0.2) is 0 Å². The first-order valence-electron chi connectivity index (χ1n) is 4.85. The summed E-state index contributed by atoms with van der Waals surface area (Å²) in [4.78, 5) is 11.0. The maximum Gasteiger partial charge on any atom is 0.449 e. The molecule has 1 N–H and O–H groups in total. The Balaban J connectivity index is 2.64. The van der Waals surface area contributed by atoms with E-state index in [1.54, 1.807) is 0 Å². The number of para-hydroxylation sites is 1. The number of alkyl halides is 4. The fourth-order valence-electron chi connectivity index (χ4n) is 1.56. The molecule has 0 radical (unpaired) electrons. The standard InChI is InChI=1S/C11H5Cl2F3O3/c12-7-4-5-2-1-3-6(9(17)18)8(5)19-10(7,13)11(14,15)16/h1-4H,(H,17,18). The minimum Gasteiger partial charge on any atom is -0.478 e. The Kier molecular flexibility index (Phi) is 3.18. The Bertz CT molecular complexity index is 583. The van der Waals surface area contributed by atoms with E-state index in [4.69, 9.17) is 28.3 Å². The molecule has 1 aromatic rings. The highest BCUT2D eigenvalue weighted by molar-refractivity contribution is 6.41. The maximum atomic E-state index is 12.9. The molecule has 8 heteroatoms. The van der Waals surface area contributed by atoms with Crippen LogP contribution in [0.25, 0.3) is 6.08 Å². The summed E-state index contributed by atoms with van der Waals surface area (Å²) in [5.74, 6) is -1.89. The van der Waals surface area contributed by atoms with E-state index >= 15 is 0 Å². The molecule has 0 spiro atoms. The minimum atomic E-state index is -4.99. The van der Waals surface area contributed by atoms with E-state index < -0.39 is 33.6 Å². The van der Waals surface area contributed by atoms with Crippen LogP contribution < -0.4 is 4.74 Å². The van der Waals surface area contributed by atoms with Gasteiger partial charge in [-0.05, 0) is 12.1 Å². The van der Waals surface area contributed by atoms with E-state index in [9.17, 15) is 18.0 Å². The lowest BCUT2D eigenvalue weighted by Crippen LogP contribution is -2.47. The van der Waals surface area contributed by atoms with Gasteiger partial charge in [-0.1, -0.05) is 35.3 Å². The number of carbonyl (C=O) groups is 1. The number of hydrogen-bond donors (Lipinski definition) is 1. The van der Waals surface area contributed by atoms with Crippen molar-refractivity contribution in [2.75, 3.05) is 0 Å². The first-order valence-corrected chi connectivity index (χ1v) is 5.61. The van der Waals surface area contributed by atoms with Gasteiger partial charge in [0.25, 0.3) is 0 Å². The zero-order chi connectivity index (χ0) is 14.4. The first-order chi connectivity index (χ1) is 8.67. The molecule has 3 nitrogen and oxygen atoms in total. The van der Waals surface area contributed by atoms with Crippen LogP contribution >= 0.6 is 23.2 Å². The lowest BCUT2D eigenvalue weighted by molar-refractivity contribution is -0.199. The lowest BCUT2D eigenvalue weighted by Gasteiger charge is -2.33. The van der Waals surface area contributed by atoms with Crippen molar-refractivity contribution in [1.82, 2.24) is 0 Å². The molecule has 102 valence electrons. The Morgan fingerprint density at radius 3 is 2.53 bits per heavy atom. The quantitative estimate of drug-likeness (QED) is 0.801. The van der Waals surface area contributed by atoms with Crippen LogP contribution in [0.2, 0.25) is 0 Å². The average molecular weight is 313 g/mol. The van der Waals surface area contributed by atoms with Crippen LogP contribution in [0.15, 0.2) is 23.2 Å². The summed E-state index contributed by atoms with van der Waals surface area (Å²) >= 11 is 10.9. The molecule has 1 aromatic carbocycles. The number of hydrogen-bond acceptors (Lipinski definition) is 2. The van der Waals surface area contributed by atoms with E-state index in [2.05, 4.69) is 4.74 Å². The first kappa shape index (κ1) is 14.0. The molecule has 1 aliphatic rings. The number of ether oxygens (including phenoxy) is 1. The molecule has 1 heterocycles. The predicted octanol–water partition coefficient (Wildman–Crippen LogP) is 3.85. The molecular formula is C11H5Cl2F3O3. The average Bonchev–Trinajstić information content (AvgIpc) is 2.28. The molecule has 0 aliphatic carbocycles. The number of carboxylic acids is 1. The van der Waals surface area contributed by atoms with Crippen LogP contribution in [0, 0.1) is 0 Å². The van der Waals surface area contributed by atoms with Crippen LogP contribution in [0.4, 0.5) is 13.2 Å². The normalized spacial score (nSPS) is 22.3. The van der Waals surface area contributed by atoms with E-state index in [-0.39, 0.29) is 5.56 Å². The Labute approximate surface area is 115 Å². The van der Waals surface area contributed by atoms with Crippen LogP contribution in [-0.2, 0) is 0 Å². The lowest BCUT2D eigenvalue weighted by atomic mass is 10.0. The Hall–Kier alpha value is -1.40. The molecule has 1 unspecified atom stereocenters. The van der Waals surface area contributed by atoms with Gasteiger partial charge in [0.05, 0.1) is 5.03 Å². The highest BCUT2D eigenvalue weighted by Crippen LogP contribution is 2.49. The predicted molar refractivity (Wildman–Crippen MR) is 62.5 cm³/mol. The van der Waals surface area contributed by atoms with Crippen molar-refractivity contribution in [3.8, 4) is 5.75 Å². The van der Waals surface area contributed by atoms with Crippen molar-refractivity contribution < 1.29 is 27.8 Å². The van der Waals surface area contributed by atoms with E-state index in [1.807, 2.05) is 0 Å². The molecule has 19 heavy (non-hydrogen) atoms. The zero-order valence-electron chi connectivity index (χ0n) is 8.96. The number of rotatable bonds is 1. The van der Waals surface area contributed by atoms with Crippen LogP contribution in [0.1, 0.15) is 15.9 Å². The number of aromatic carboxylic acids is 1. The van der Waals surface area contributed by atoms with Crippen molar-refractivity contribution in [2.45, 2.75) is 11.2 Å². The Morgan fingerprint density at radius 1 is 1.37 bits per heavy atom. The van der Waals surface area contributed by atoms with Crippen LogP contribution in [-0.4, -0.2) is 22.3 Å². The van der Waals surface area contributed by atoms with Gasteiger partial charge < -0.3 is 9.84 Å². The van der Waals surface area contributed by atoms with Crippen molar-refractivity contribution in [3.63, 3.8) is 0 Å². The van der Waals surface area contributed by atoms with Gasteiger partial charge in [0.2, 0.25) is 0 Å². The third-order valence-electron chi connectivity index (χ3n) is 2.47. The molecule has 1 aliphatic heterocycles. The van der Waals surface area contributed by atoms with Crippen LogP contribution in [0.3, 0.4) is 0 Å². The Morgan fingerprint density at radius 2 is 2.00 bits per heavy atom. The van der Waals surface area contributed by atoms with Gasteiger partial charge in [-0.15, -0.1) is 0 Å². The highest BCUT2D eigenvalue weighted by atomic mass is 35.5. The van der Waals surface area contributed by atoms with Gasteiger partial charge >= 0.3 is 17.2 Å². The minimum absolute atomic E-state index is 0.116. The monoisotopic (exact) mass is 312 g/mol. The van der Waals surface area contributed by atoms with Gasteiger partial charge in [0, 0.05) is 5.56 Å². The number of benzene rings is 1. The van der Waals surface area contributed by atoms with Gasteiger partial charge in [0.1, 0.15) is 11.3 Å². The second-order valence-corrected chi connectivity index (χ2v) is 4.66. The molecule has 1 atom stereocenters. The molecule has 0 aromatic heterocycles. The van der Waals surface area contributed by atoms with Gasteiger partial charge in [-0.25, -0.2) is 4.79 Å². The largest absolute Gasteiger partial charge is 0.478 e. The third-order valence-corrected chi connectivity index (χ3v) is 3.44. The van der Waals surface area contributed by atoms with Gasteiger partial charge in [-0.3, -0.25) is 0 Å². The number of fused-ring (bicyclic) bond motifs is 1. The number of halogens is 5. The smallest absolute Gasteiger partial charge is 0.449 e. The van der Waals surface area contributed by atoms with Crippen molar-refractivity contribution >= 4 is 35.2 Å².